The van der Waals surface area contributed by atoms with Gasteiger partial charge in [-0.25, -0.2) is 0 Å². The number of anilines is 1. The molecule has 0 spiro atoms. The molecule has 3 aromatic rings. The highest BCUT2D eigenvalue weighted by Gasteiger charge is 2.33. The van der Waals surface area contributed by atoms with Crippen LogP contribution in [0.5, 0.6) is 5.75 Å². The molecular weight excluding hydrogens is 446 g/mol. The Labute approximate surface area is 204 Å². The zero-order chi connectivity index (χ0) is 24.6. The Morgan fingerprint density at radius 2 is 1.69 bits per heavy atom. The van der Waals surface area contributed by atoms with Crippen LogP contribution in [0.25, 0.3) is 0 Å². The smallest absolute Gasteiger partial charge is 0.307 e. The minimum Gasteiger partial charge on any atom is -0.489 e. The minimum atomic E-state index is -0.387. The summed E-state index contributed by atoms with van der Waals surface area (Å²) in [6.45, 7) is 2.93. The van der Waals surface area contributed by atoms with E-state index in [0.29, 0.717) is 37.7 Å². The first-order chi connectivity index (χ1) is 17.0. The Morgan fingerprint density at radius 1 is 1.00 bits per heavy atom. The molecule has 0 radical (unpaired) electrons. The molecule has 182 valence electrons. The highest BCUT2D eigenvalue weighted by molar-refractivity contribution is 5.73. The number of carbonyl (C=O) groups excluding carboxylic acids is 1. The second kappa shape index (κ2) is 11.5. The van der Waals surface area contributed by atoms with E-state index in [0.717, 1.165) is 12.1 Å². The topological polar surface area (TPSA) is 85.2 Å². The fraction of sp³-hybridized carbons (Fsp3) is 0.296. The summed E-state index contributed by atoms with van der Waals surface area (Å²) in [4.78, 5) is 28.0. The normalized spacial score (nSPS) is 16.0. The van der Waals surface area contributed by atoms with Crippen LogP contribution in [0.1, 0.15) is 17.5 Å². The van der Waals surface area contributed by atoms with E-state index >= 15 is 0 Å². The van der Waals surface area contributed by atoms with Gasteiger partial charge in [0.15, 0.2) is 0 Å². The Balaban J connectivity index is 1.57. The van der Waals surface area contributed by atoms with Gasteiger partial charge in [0.1, 0.15) is 18.0 Å². The minimum absolute atomic E-state index is 0.0107. The molecule has 35 heavy (non-hydrogen) atoms. The summed E-state index contributed by atoms with van der Waals surface area (Å²) >= 11 is 0. The van der Waals surface area contributed by atoms with E-state index in [1.54, 1.807) is 12.1 Å². The molecule has 3 aromatic carbocycles. The van der Waals surface area contributed by atoms with Gasteiger partial charge in [-0.2, -0.15) is 0 Å². The molecule has 0 N–H and O–H groups in total. The lowest BCUT2D eigenvalue weighted by molar-refractivity contribution is -0.384. The standard InChI is InChI=1S/C27H29N3O5/c1-34-27(31)16-23-19-28(18-21-8-4-2-5-9-21)14-15-29(23)26-17-24(12-13-25(26)30(32)33)35-20-22-10-6-3-7-11-22/h2-13,17,23H,14-16,18-20H2,1H3. The molecule has 1 saturated heterocycles. The maximum Gasteiger partial charge on any atom is 0.307 e. The number of hydrogen-bond acceptors (Lipinski definition) is 7. The fourth-order valence-electron chi connectivity index (χ4n) is 4.39. The number of methoxy groups -OCH3 is 1. The molecule has 1 aliphatic rings. The molecule has 0 amide bonds. The van der Waals surface area contributed by atoms with Gasteiger partial charge in [-0.05, 0) is 17.2 Å². The SMILES string of the molecule is COC(=O)CC1CN(Cc2ccccc2)CCN1c1cc(OCc2ccccc2)ccc1[N+](=O)[O-]. The number of nitro benzene ring substituents is 1. The maximum atomic E-state index is 12.2. The molecule has 1 unspecified atom stereocenters. The van der Waals surface area contributed by atoms with Gasteiger partial charge in [-0.3, -0.25) is 19.8 Å². The first-order valence-electron chi connectivity index (χ1n) is 11.6. The number of nitro groups is 1. The van der Waals surface area contributed by atoms with Crippen molar-refractivity contribution in [2.24, 2.45) is 0 Å². The van der Waals surface area contributed by atoms with E-state index < -0.39 is 0 Å². The number of esters is 1. The molecule has 4 rings (SSSR count). The van der Waals surface area contributed by atoms with Crippen LogP contribution in [0.15, 0.2) is 78.9 Å². The van der Waals surface area contributed by atoms with Crippen molar-refractivity contribution in [1.29, 1.82) is 0 Å². The van der Waals surface area contributed by atoms with Crippen molar-refractivity contribution in [3.05, 3.63) is 100 Å². The number of piperazine rings is 1. The summed E-state index contributed by atoms with van der Waals surface area (Å²) in [7, 11) is 1.36. The third kappa shape index (κ3) is 6.36. The number of hydrogen-bond donors (Lipinski definition) is 0. The van der Waals surface area contributed by atoms with E-state index in [1.165, 1.54) is 18.7 Å². The van der Waals surface area contributed by atoms with Crippen LogP contribution in [0.4, 0.5) is 11.4 Å². The molecule has 8 heteroatoms. The average Bonchev–Trinajstić information content (AvgIpc) is 2.88. The summed E-state index contributed by atoms with van der Waals surface area (Å²) in [6.07, 6.45) is 0.133. The summed E-state index contributed by atoms with van der Waals surface area (Å²) in [6, 6.07) is 24.4. The third-order valence-electron chi connectivity index (χ3n) is 6.15. The number of carbonyl (C=O) groups is 1. The number of rotatable bonds is 9. The highest BCUT2D eigenvalue weighted by Crippen LogP contribution is 2.35. The average molecular weight is 476 g/mol. The monoisotopic (exact) mass is 475 g/mol. The second-order valence-electron chi connectivity index (χ2n) is 8.53. The molecule has 0 aliphatic carbocycles. The zero-order valence-corrected chi connectivity index (χ0v) is 19.7. The Bertz CT molecular complexity index is 1140. The zero-order valence-electron chi connectivity index (χ0n) is 19.7. The number of ether oxygens (including phenoxy) is 2. The molecule has 0 aromatic heterocycles. The first-order valence-corrected chi connectivity index (χ1v) is 11.6. The van der Waals surface area contributed by atoms with Crippen molar-refractivity contribution >= 4 is 17.3 Å². The van der Waals surface area contributed by atoms with Gasteiger partial charge < -0.3 is 14.4 Å². The van der Waals surface area contributed by atoms with Gasteiger partial charge in [-0.1, -0.05) is 60.7 Å². The van der Waals surface area contributed by atoms with Crippen LogP contribution in [0.3, 0.4) is 0 Å². The molecule has 1 atom stereocenters. The van der Waals surface area contributed by atoms with Crippen molar-refractivity contribution in [3.63, 3.8) is 0 Å². The van der Waals surface area contributed by atoms with Gasteiger partial charge in [0.05, 0.1) is 24.5 Å². The Kier molecular flexibility index (Phi) is 7.95. The third-order valence-corrected chi connectivity index (χ3v) is 6.15. The van der Waals surface area contributed by atoms with Crippen molar-refractivity contribution in [3.8, 4) is 5.75 Å². The predicted octanol–water partition coefficient (Wildman–Crippen LogP) is 4.43. The number of benzene rings is 3. The Morgan fingerprint density at radius 3 is 2.34 bits per heavy atom. The summed E-state index contributed by atoms with van der Waals surface area (Å²) in [5.41, 5.74) is 2.63. The van der Waals surface area contributed by atoms with Crippen LogP contribution >= 0.6 is 0 Å². The summed E-state index contributed by atoms with van der Waals surface area (Å²) in [5.74, 6) is 0.193. The lowest BCUT2D eigenvalue weighted by Crippen LogP contribution is -2.53. The quantitative estimate of drug-likeness (QED) is 0.257. The van der Waals surface area contributed by atoms with E-state index in [2.05, 4.69) is 17.0 Å². The number of nitrogens with zero attached hydrogens (tertiary/aromatic N) is 3. The lowest BCUT2D eigenvalue weighted by atomic mass is 10.0. The molecule has 1 heterocycles. The molecule has 1 fully saturated rings. The van der Waals surface area contributed by atoms with Gasteiger partial charge in [0.2, 0.25) is 0 Å². The molecule has 0 saturated carbocycles. The van der Waals surface area contributed by atoms with Gasteiger partial charge in [0, 0.05) is 38.3 Å². The van der Waals surface area contributed by atoms with Crippen LogP contribution in [0, 0.1) is 10.1 Å². The van der Waals surface area contributed by atoms with Crippen LogP contribution in [-0.2, 0) is 22.7 Å². The van der Waals surface area contributed by atoms with Crippen LogP contribution in [0.2, 0.25) is 0 Å². The largest absolute Gasteiger partial charge is 0.489 e. The summed E-state index contributed by atoms with van der Waals surface area (Å²) < 4.78 is 10.9. The van der Waals surface area contributed by atoms with Crippen molar-refractivity contribution in [2.75, 3.05) is 31.6 Å². The van der Waals surface area contributed by atoms with Gasteiger partial charge in [-0.15, -0.1) is 0 Å². The molecule has 1 aliphatic heterocycles. The van der Waals surface area contributed by atoms with Crippen molar-refractivity contribution in [2.45, 2.75) is 25.6 Å². The first kappa shape index (κ1) is 24.2. The molecule has 0 bridgehead atoms. The van der Waals surface area contributed by atoms with Crippen LogP contribution in [-0.4, -0.2) is 48.6 Å². The van der Waals surface area contributed by atoms with Crippen molar-refractivity contribution < 1.29 is 19.2 Å². The van der Waals surface area contributed by atoms with E-state index in [4.69, 9.17) is 9.47 Å². The lowest BCUT2D eigenvalue weighted by Gasteiger charge is -2.42. The predicted molar refractivity (Wildman–Crippen MR) is 133 cm³/mol. The second-order valence-corrected chi connectivity index (χ2v) is 8.53. The maximum absolute atomic E-state index is 12.2. The summed E-state index contributed by atoms with van der Waals surface area (Å²) in [5, 5.41) is 11.9. The Hall–Kier alpha value is -3.91. The van der Waals surface area contributed by atoms with Gasteiger partial charge in [0.25, 0.3) is 5.69 Å². The van der Waals surface area contributed by atoms with E-state index in [1.807, 2.05) is 53.4 Å². The van der Waals surface area contributed by atoms with E-state index in [-0.39, 0.29) is 29.0 Å². The van der Waals surface area contributed by atoms with Crippen molar-refractivity contribution in [1.82, 2.24) is 4.90 Å². The molecular formula is C27H29N3O5. The fourth-order valence-corrected chi connectivity index (χ4v) is 4.39. The van der Waals surface area contributed by atoms with E-state index in [9.17, 15) is 14.9 Å². The molecule has 8 nitrogen and oxygen atoms in total. The van der Waals surface area contributed by atoms with Crippen LogP contribution < -0.4 is 9.64 Å². The highest BCUT2D eigenvalue weighted by atomic mass is 16.6. The van der Waals surface area contributed by atoms with Gasteiger partial charge >= 0.3 is 5.97 Å².